The smallest absolute Gasteiger partial charge is 0.230 e. The standard InChI is InChI=1S/C16H20ClFN4O/c1-3-22-7-6-14(19-9-15-21-20-10(2)23-15)16(22)11-4-5-12(17)13(18)8-11/h4-5,8,14,16,19H,3,6-7,9H2,1-2H3/t14-,16-/m1/s1. The van der Waals surface area contributed by atoms with Crippen LogP contribution in [0, 0.1) is 12.7 Å². The largest absolute Gasteiger partial charge is 0.424 e. The van der Waals surface area contributed by atoms with Gasteiger partial charge in [-0.05, 0) is 30.7 Å². The fraction of sp³-hybridized carbons (Fsp3) is 0.500. The second kappa shape index (κ2) is 6.95. The van der Waals surface area contributed by atoms with Crippen molar-refractivity contribution in [2.45, 2.75) is 38.9 Å². The van der Waals surface area contributed by atoms with Crippen LogP contribution in [0.5, 0.6) is 0 Å². The highest BCUT2D eigenvalue weighted by Gasteiger charge is 2.34. The molecule has 1 saturated heterocycles. The highest BCUT2D eigenvalue weighted by Crippen LogP contribution is 2.33. The highest BCUT2D eigenvalue weighted by molar-refractivity contribution is 6.30. The van der Waals surface area contributed by atoms with Crippen LogP contribution < -0.4 is 5.32 Å². The van der Waals surface area contributed by atoms with Gasteiger partial charge in [-0.25, -0.2) is 4.39 Å². The van der Waals surface area contributed by atoms with Gasteiger partial charge in [-0.1, -0.05) is 24.6 Å². The molecule has 0 saturated carbocycles. The SMILES string of the molecule is CCN1CC[C@@H](NCc2nnc(C)o2)[C@H]1c1ccc(Cl)c(F)c1. The third-order valence-electron chi connectivity index (χ3n) is 4.28. The lowest BCUT2D eigenvalue weighted by Crippen LogP contribution is -2.36. The average molecular weight is 339 g/mol. The van der Waals surface area contributed by atoms with Crippen LogP contribution in [0.1, 0.15) is 36.7 Å². The Morgan fingerprint density at radius 1 is 1.43 bits per heavy atom. The first-order valence-corrected chi connectivity index (χ1v) is 8.17. The van der Waals surface area contributed by atoms with Crippen LogP contribution in [-0.2, 0) is 6.54 Å². The minimum absolute atomic E-state index is 0.107. The second-order valence-electron chi connectivity index (χ2n) is 5.74. The summed E-state index contributed by atoms with van der Waals surface area (Å²) < 4.78 is 19.2. The molecule has 0 radical (unpaired) electrons. The number of aryl methyl sites for hydroxylation is 1. The summed E-state index contributed by atoms with van der Waals surface area (Å²) in [6, 6.07) is 5.36. The van der Waals surface area contributed by atoms with Gasteiger partial charge in [0.15, 0.2) is 0 Å². The Balaban J connectivity index is 1.76. The Morgan fingerprint density at radius 3 is 2.91 bits per heavy atom. The van der Waals surface area contributed by atoms with E-state index < -0.39 is 0 Å². The molecule has 2 atom stereocenters. The number of hydrogen-bond donors (Lipinski definition) is 1. The van der Waals surface area contributed by atoms with Crippen LogP contribution in [0.25, 0.3) is 0 Å². The van der Waals surface area contributed by atoms with Gasteiger partial charge in [0.05, 0.1) is 17.6 Å². The van der Waals surface area contributed by atoms with Gasteiger partial charge in [-0.3, -0.25) is 4.90 Å². The van der Waals surface area contributed by atoms with Gasteiger partial charge in [0.1, 0.15) is 5.82 Å². The summed E-state index contributed by atoms with van der Waals surface area (Å²) in [4.78, 5) is 2.33. The Bertz CT molecular complexity index is 678. The second-order valence-corrected chi connectivity index (χ2v) is 6.15. The van der Waals surface area contributed by atoms with Crippen molar-refractivity contribution >= 4 is 11.6 Å². The normalized spacial score (nSPS) is 21.9. The lowest BCUT2D eigenvalue weighted by Gasteiger charge is -2.28. The fourth-order valence-corrected chi connectivity index (χ4v) is 3.31. The molecule has 1 aliphatic heterocycles. The molecule has 1 fully saturated rings. The van der Waals surface area contributed by atoms with E-state index in [0.29, 0.717) is 18.3 Å². The third-order valence-corrected chi connectivity index (χ3v) is 4.58. The van der Waals surface area contributed by atoms with Gasteiger partial charge < -0.3 is 9.73 Å². The lowest BCUT2D eigenvalue weighted by molar-refractivity contribution is 0.245. The molecule has 1 aromatic carbocycles. The maximum absolute atomic E-state index is 13.8. The molecular formula is C16H20ClFN4O. The fourth-order valence-electron chi connectivity index (χ4n) is 3.19. The van der Waals surface area contributed by atoms with Gasteiger partial charge in [0, 0.05) is 19.5 Å². The maximum atomic E-state index is 13.8. The summed E-state index contributed by atoms with van der Waals surface area (Å²) in [5.41, 5.74) is 0.936. The molecule has 23 heavy (non-hydrogen) atoms. The van der Waals surface area contributed by atoms with Crippen LogP contribution in [-0.4, -0.2) is 34.2 Å². The topological polar surface area (TPSA) is 54.2 Å². The van der Waals surface area contributed by atoms with E-state index >= 15 is 0 Å². The number of benzene rings is 1. The molecular weight excluding hydrogens is 319 g/mol. The molecule has 1 aliphatic rings. The highest BCUT2D eigenvalue weighted by atomic mass is 35.5. The molecule has 7 heteroatoms. The van der Waals surface area contributed by atoms with Gasteiger partial charge in [-0.15, -0.1) is 10.2 Å². The van der Waals surface area contributed by atoms with E-state index in [4.69, 9.17) is 16.0 Å². The number of nitrogens with zero attached hydrogens (tertiary/aromatic N) is 3. The Hall–Kier alpha value is -1.50. The summed E-state index contributed by atoms with van der Waals surface area (Å²) >= 11 is 5.81. The number of aromatic nitrogens is 2. The molecule has 0 unspecified atom stereocenters. The van der Waals surface area contributed by atoms with Crippen molar-refractivity contribution in [3.63, 3.8) is 0 Å². The number of hydrogen-bond acceptors (Lipinski definition) is 5. The van der Waals surface area contributed by atoms with E-state index in [9.17, 15) is 4.39 Å². The minimum Gasteiger partial charge on any atom is -0.424 e. The monoisotopic (exact) mass is 338 g/mol. The molecule has 5 nitrogen and oxygen atoms in total. The maximum Gasteiger partial charge on any atom is 0.230 e. The Morgan fingerprint density at radius 2 is 2.26 bits per heavy atom. The zero-order valence-electron chi connectivity index (χ0n) is 13.2. The zero-order valence-corrected chi connectivity index (χ0v) is 14.0. The Kier molecular flexibility index (Phi) is 4.94. The van der Waals surface area contributed by atoms with Crippen molar-refractivity contribution in [2.24, 2.45) is 0 Å². The van der Waals surface area contributed by atoms with E-state index in [1.807, 2.05) is 6.07 Å². The Labute approximate surface area is 139 Å². The predicted molar refractivity (Wildman–Crippen MR) is 85.7 cm³/mol. The molecule has 3 rings (SSSR count). The molecule has 2 heterocycles. The molecule has 2 aromatic rings. The minimum atomic E-state index is -0.376. The first kappa shape index (κ1) is 16.4. The van der Waals surface area contributed by atoms with E-state index in [1.54, 1.807) is 13.0 Å². The lowest BCUT2D eigenvalue weighted by atomic mass is 10.00. The summed E-state index contributed by atoms with van der Waals surface area (Å²) in [5.74, 6) is 0.747. The van der Waals surface area contributed by atoms with Gasteiger partial charge in [0.2, 0.25) is 11.8 Å². The van der Waals surface area contributed by atoms with Crippen molar-refractivity contribution in [3.05, 3.63) is 46.4 Å². The quantitative estimate of drug-likeness (QED) is 0.908. The molecule has 1 aromatic heterocycles. The van der Waals surface area contributed by atoms with Crippen molar-refractivity contribution in [3.8, 4) is 0 Å². The summed E-state index contributed by atoms with van der Waals surface area (Å²) in [6.45, 7) is 6.27. The van der Waals surface area contributed by atoms with Crippen LogP contribution in [0.15, 0.2) is 22.6 Å². The number of halogens is 2. The molecule has 1 N–H and O–H groups in total. The molecule has 0 aliphatic carbocycles. The first-order valence-electron chi connectivity index (χ1n) is 7.80. The van der Waals surface area contributed by atoms with Gasteiger partial charge in [0.25, 0.3) is 0 Å². The molecule has 124 valence electrons. The van der Waals surface area contributed by atoms with Crippen molar-refractivity contribution < 1.29 is 8.81 Å². The molecule has 0 bridgehead atoms. The van der Waals surface area contributed by atoms with Crippen molar-refractivity contribution in [1.29, 1.82) is 0 Å². The van der Waals surface area contributed by atoms with E-state index in [1.165, 1.54) is 6.07 Å². The first-order chi connectivity index (χ1) is 11.1. The van der Waals surface area contributed by atoms with Crippen molar-refractivity contribution in [2.75, 3.05) is 13.1 Å². The molecule has 0 spiro atoms. The number of nitrogens with one attached hydrogen (secondary N) is 1. The van der Waals surface area contributed by atoms with E-state index in [-0.39, 0.29) is 22.9 Å². The number of rotatable bonds is 5. The predicted octanol–water partition coefficient (Wildman–Crippen LogP) is 3.10. The van der Waals surface area contributed by atoms with Crippen LogP contribution in [0.3, 0.4) is 0 Å². The van der Waals surface area contributed by atoms with Gasteiger partial charge >= 0.3 is 0 Å². The zero-order chi connectivity index (χ0) is 16.4. The van der Waals surface area contributed by atoms with E-state index in [0.717, 1.165) is 25.1 Å². The summed E-state index contributed by atoms with van der Waals surface area (Å²) in [7, 11) is 0. The van der Waals surface area contributed by atoms with E-state index in [2.05, 4.69) is 27.3 Å². The molecule has 0 amide bonds. The van der Waals surface area contributed by atoms with Crippen LogP contribution >= 0.6 is 11.6 Å². The van der Waals surface area contributed by atoms with Crippen LogP contribution in [0.2, 0.25) is 5.02 Å². The average Bonchev–Trinajstić information content (AvgIpc) is 3.13. The van der Waals surface area contributed by atoms with Crippen LogP contribution in [0.4, 0.5) is 4.39 Å². The van der Waals surface area contributed by atoms with Crippen molar-refractivity contribution in [1.82, 2.24) is 20.4 Å². The summed E-state index contributed by atoms with van der Waals surface area (Å²) in [6.07, 6.45) is 0.982. The van der Waals surface area contributed by atoms with Gasteiger partial charge in [-0.2, -0.15) is 0 Å². The number of likely N-dealkylation sites (tertiary alicyclic amines) is 1. The third kappa shape index (κ3) is 3.54. The number of likely N-dealkylation sites (N-methyl/N-ethyl adjacent to an activating group) is 1. The summed E-state index contributed by atoms with van der Waals surface area (Å²) in [5, 5.41) is 11.4.